The molecule has 20 aromatic rings. The van der Waals surface area contributed by atoms with Crippen LogP contribution in [-0.2, 0) is 54.5 Å². The summed E-state index contributed by atoms with van der Waals surface area (Å²) in [5, 5.41) is 42.4. The number of benzene rings is 7. The van der Waals surface area contributed by atoms with E-state index < -0.39 is 96.2 Å². The molecule has 0 bridgehead atoms. The number of rotatable bonds is 21. The van der Waals surface area contributed by atoms with Gasteiger partial charge >= 0.3 is 17.9 Å². The standard InChI is InChI=1S/C27H19F2N3O5.C26H22FN3O5S.C25H17ClFN5O4.C25H17F2N3O5/c28-18-6-3-13(25(33)31-15-4-5-15)10-14(18)12-32-20-11-19(29)16-7-9-37-24(16)22(20)21(23(32)27(35)36)17-2-1-8-30-26(17)34;27-19-6-2-1-4-16(19)14-30-20-10-7-15-11-13-35-24(15)22(20)21(18-5-3-12-28-25(18)31)23(30)26(32)29-36(33,34)17-8-9-17;1-11-15-8-12(22(26)29-23(15)31(2)30-11)10-32-17-9-16(27)13-5-7-36-21(13)19(17)18(20(32)25(34)35)14-4-3-6-28-24(14)33;1-12(31)29-14-5-4-13(17(26)9-14)11-30-19-10-18(27)15-6-8-35-23(15)21(19)20(22(30)25(33)34)16-3-2-7-28-24(16)32/h1-3,6-11,15H,4-5,12H2,(H,30,34)(H,31,33)(H,35,36);1-7,10,12,17H,8-9,11,13-14H2,(H,28,31)(H,29,32);3-9H,10H2,1-2H3,(H,28,33)(H,34,35);2-10H,11H2,1H3,(H,28,32)(H,29,31)(H,33,34). The van der Waals surface area contributed by atoms with Crippen LogP contribution >= 0.6 is 11.6 Å². The lowest BCUT2D eigenvalue weighted by Crippen LogP contribution is -2.35. The first-order chi connectivity index (χ1) is 69.2. The highest BCUT2D eigenvalue weighted by Crippen LogP contribution is 2.48. The summed E-state index contributed by atoms with van der Waals surface area (Å²) in [6.07, 6.45) is 13.0. The number of carboxylic acid groups (broad SMARTS) is 3. The maximum absolute atomic E-state index is 15.1. The Morgan fingerprint density at radius 1 is 0.472 bits per heavy atom. The Morgan fingerprint density at radius 3 is 1.38 bits per heavy atom. The van der Waals surface area contributed by atoms with Gasteiger partial charge in [0, 0.05) is 112 Å². The first-order valence-corrected chi connectivity index (χ1v) is 46.4. The second-order valence-corrected chi connectivity index (χ2v) is 36.7. The van der Waals surface area contributed by atoms with Crippen molar-refractivity contribution in [3.8, 4) is 50.3 Å². The van der Waals surface area contributed by atoms with E-state index in [-0.39, 0.29) is 199 Å². The molecule has 33 nitrogen and oxygen atoms in total. The fourth-order valence-electron chi connectivity index (χ4n) is 18.6. The number of sulfonamides is 1. The molecule has 14 heterocycles. The number of aryl methyl sites for hydroxylation is 2. The van der Waals surface area contributed by atoms with Crippen LogP contribution in [0.1, 0.15) is 118 Å². The summed E-state index contributed by atoms with van der Waals surface area (Å²) in [4.78, 5) is 141. The number of pyridine rings is 5. The van der Waals surface area contributed by atoms with Gasteiger partial charge in [-0.1, -0.05) is 41.9 Å². The maximum Gasteiger partial charge on any atom is 0.353 e. The Bertz CT molecular complexity index is 9250. The molecule has 3 amide bonds. The highest BCUT2D eigenvalue weighted by Gasteiger charge is 2.41. The number of nitrogens with one attached hydrogen (secondary N) is 7. The number of aromatic amines is 4. The number of nitrogens with zero attached hydrogens (tertiary/aromatic N) is 7. The molecule has 0 radical (unpaired) electrons. The van der Waals surface area contributed by atoms with Crippen LogP contribution in [0.25, 0.3) is 132 Å². The lowest BCUT2D eigenvalue weighted by molar-refractivity contribution is -0.114. The molecule has 0 unspecified atom stereocenters. The molecule has 10 N–H and O–H groups in total. The van der Waals surface area contributed by atoms with E-state index in [2.05, 4.69) is 45.4 Å². The van der Waals surface area contributed by atoms with E-state index >= 15 is 8.78 Å². The number of H-pyrrole nitrogens is 4. The summed E-state index contributed by atoms with van der Waals surface area (Å²) in [6.45, 7) is 2.82. The van der Waals surface area contributed by atoms with Crippen LogP contribution in [0.15, 0.2) is 240 Å². The van der Waals surface area contributed by atoms with Crippen molar-refractivity contribution < 1.29 is 96.8 Å². The van der Waals surface area contributed by atoms with E-state index in [9.17, 15) is 89.2 Å². The van der Waals surface area contributed by atoms with Gasteiger partial charge in [0.2, 0.25) is 15.9 Å². The first kappa shape index (κ1) is 93.8. The van der Waals surface area contributed by atoms with Crippen LogP contribution in [0.3, 0.4) is 0 Å². The molecular formula is C103H75ClF6N14O19S. The van der Waals surface area contributed by atoms with Crippen LogP contribution < -0.4 is 42.3 Å². The Kier molecular flexibility index (Phi) is 24.2. The predicted molar refractivity (Wildman–Crippen MR) is 519 cm³/mol. The SMILES string of the molecule is CC(=O)Nc1ccc(Cn2c(C(=O)O)c(-c3ccc[nH]c3=O)c3c4occc4c(F)cc32)c(F)c1.Cc1nn(C)c2nc(Cl)c(Cn3c(C(=O)O)c(-c4ccc[nH]c4=O)c4c5occc5c(F)cc43)cc12.O=C(NC1CC1)c1ccc(F)c(Cn2c(C(=O)O)c(-c3ccc[nH]c3=O)c3c4occc4c(F)cc32)c1.O=C(NS(=O)(=O)C1CC1)c1c(-c2ccc[nH]c2=O)c2c3c(ccc2n1Cc1ccccc1F)CCO3. The van der Waals surface area contributed by atoms with Crippen LogP contribution in [0.5, 0.6) is 5.75 Å². The normalized spacial score (nSPS) is 12.9. The molecular weight excluding hydrogens is 1920 g/mol. The average molecular weight is 1990 g/mol. The van der Waals surface area contributed by atoms with Gasteiger partial charge in [0.15, 0.2) is 5.65 Å². The molecule has 0 saturated heterocycles. The number of hydrogen-bond acceptors (Lipinski definition) is 18. The van der Waals surface area contributed by atoms with E-state index in [1.807, 2.05) is 13.0 Å². The monoisotopic (exact) mass is 1990 g/mol. The minimum atomic E-state index is -3.89. The van der Waals surface area contributed by atoms with Crippen molar-refractivity contribution in [2.75, 3.05) is 11.9 Å². The number of carbonyl (C=O) groups excluding carboxylic acids is 3. The fourth-order valence-corrected chi connectivity index (χ4v) is 20.1. The van der Waals surface area contributed by atoms with Crippen molar-refractivity contribution >= 4 is 150 Å². The number of hydrogen-bond donors (Lipinski definition) is 10. The zero-order valence-electron chi connectivity index (χ0n) is 75.4. The summed E-state index contributed by atoms with van der Waals surface area (Å²) in [5.41, 5.74) is 2.72. The first-order valence-electron chi connectivity index (χ1n) is 44.5. The number of aromatic nitrogens is 11. The molecule has 13 aromatic heterocycles. The van der Waals surface area contributed by atoms with Gasteiger partial charge in [0.1, 0.15) is 85.3 Å². The number of carboxylic acids is 3. The van der Waals surface area contributed by atoms with E-state index in [0.29, 0.717) is 64.7 Å². The van der Waals surface area contributed by atoms with Gasteiger partial charge in [-0.05, 0) is 172 Å². The van der Waals surface area contributed by atoms with Crippen molar-refractivity contribution in [2.45, 2.75) is 83.4 Å². The summed E-state index contributed by atoms with van der Waals surface area (Å²) in [7, 11) is -2.14. The fraction of sp³-hybridized carbons (Fsp3) is 0.146. The predicted octanol–water partition coefficient (Wildman–Crippen LogP) is 17.6. The van der Waals surface area contributed by atoms with Crippen molar-refractivity contribution in [3.05, 3.63) is 351 Å². The molecule has 0 spiro atoms. The largest absolute Gasteiger partial charge is 0.492 e. The minimum Gasteiger partial charge on any atom is -0.492 e. The number of fused-ring (bicyclic) bond motifs is 13. The summed E-state index contributed by atoms with van der Waals surface area (Å²) in [6, 6.07) is 39.6. The van der Waals surface area contributed by atoms with Gasteiger partial charge in [-0.3, -0.25) is 38.2 Å². The zero-order chi connectivity index (χ0) is 101. The Labute approximate surface area is 809 Å². The topological polar surface area (TPSA) is 464 Å². The third-order valence-corrected chi connectivity index (χ3v) is 27.4. The Morgan fingerprint density at radius 2 is 0.924 bits per heavy atom. The van der Waals surface area contributed by atoms with Crippen LogP contribution in [0, 0.1) is 41.8 Å². The zero-order valence-corrected chi connectivity index (χ0v) is 77.0. The van der Waals surface area contributed by atoms with Gasteiger partial charge in [0.25, 0.3) is 34.1 Å². The van der Waals surface area contributed by atoms with E-state index in [0.717, 1.165) is 53.8 Å². The number of carbonyl (C=O) groups is 6. The number of aromatic carboxylic acids is 3. The highest BCUT2D eigenvalue weighted by atomic mass is 35.5. The van der Waals surface area contributed by atoms with E-state index in [1.54, 1.807) is 64.8 Å². The molecule has 2 aliphatic carbocycles. The summed E-state index contributed by atoms with van der Waals surface area (Å²) in [5.74, 6) is -8.92. The number of amides is 3. The van der Waals surface area contributed by atoms with Crippen molar-refractivity contribution in [3.63, 3.8) is 0 Å². The van der Waals surface area contributed by atoms with Gasteiger partial charge in [-0.2, -0.15) is 5.10 Å². The van der Waals surface area contributed by atoms with Gasteiger partial charge in [0.05, 0.1) is 145 Å². The Hall–Kier alpha value is -17.8. The molecule has 7 aromatic carbocycles. The van der Waals surface area contributed by atoms with E-state index in [1.165, 1.54) is 149 Å². The quantitative estimate of drug-likeness (QED) is 0.0236. The average Bonchev–Trinajstić information content (AvgIpc) is 1.62. The molecule has 144 heavy (non-hydrogen) atoms. The minimum absolute atomic E-state index is 0.0207. The number of anilines is 1. The lowest BCUT2D eigenvalue weighted by Gasteiger charge is -2.13. The molecule has 0 atom stereocenters. The van der Waals surface area contributed by atoms with Gasteiger partial charge < -0.3 is 82.1 Å². The van der Waals surface area contributed by atoms with Gasteiger partial charge in [-0.25, -0.2) is 58.8 Å². The maximum atomic E-state index is 15.1. The lowest BCUT2D eigenvalue weighted by atomic mass is 10.00. The molecule has 23 rings (SSSR count). The smallest absolute Gasteiger partial charge is 0.353 e. The molecule has 2 saturated carbocycles. The van der Waals surface area contributed by atoms with Crippen LogP contribution in [-0.4, -0.2) is 130 Å². The second kappa shape index (κ2) is 37.1. The number of halogens is 7. The van der Waals surface area contributed by atoms with Crippen LogP contribution in [0.4, 0.5) is 32.0 Å². The number of furan rings is 3. The highest BCUT2D eigenvalue weighted by molar-refractivity contribution is 7.91. The molecule has 726 valence electrons. The van der Waals surface area contributed by atoms with Crippen molar-refractivity contribution in [1.29, 1.82) is 0 Å². The molecule has 3 aliphatic rings. The third kappa shape index (κ3) is 17.0. The summed E-state index contributed by atoms with van der Waals surface area (Å²) >= 11 is 6.51. The van der Waals surface area contributed by atoms with E-state index in [4.69, 9.17) is 29.6 Å². The second-order valence-electron chi connectivity index (χ2n) is 34.4. The Balaban J connectivity index is 0.000000117. The van der Waals surface area contributed by atoms with Crippen molar-refractivity contribution in [1.82, 2.24) is 63.0 Å². The molecule has 2 fully saturated rings. The number of ether oxygens (including phenoxy) is 1. The van der Waals surface area contributed by atoms with Crippen LogP contribution in [0.2, 0.25) is 5.15 Å². The van der Waals surface area contributed by atoms with Gasteiger partial charge in [-0.15, -0.1) is 0 Å². The molecule has 41 heteroatoms. The molecule has 1 aliphatic heterocycles. The van der Waals surface area contributed by atoms with Crippen molar-refractivity contribution in [2.24, 2.45) is 7.05 Å². The third-order valence-electron chi connectivity index (χ3n) is 25.3. The summed E-state index contributed by atoms with van der Waals surface area (Å²) < 4.78 is 147.